The normalized spacial score (nSPS) is 19.8. The minimum atomic E-state index is -0.606. The maximum atomic E-state index is 11.0. The number of anilines is 1. The second-order valence-corrected chi connectivity index (χ2v) is 8.74. The van der Waals surface area contributed by atoms with Crippen molar-refractivity contribution in [3.05, 3.63) is 46.8 Å². The van der Waals surface area contributed by atoms with Crippen LogP contribution in [0.5, 0.6) is 0 Å². The van der Waals surface area contributed by atoms with Crippen molar-refractivity contribution in [3.8, 4) is 0 Å². The Kier molecular flexibility index (Phi) is 12.4. The SMILES string of the molecule is CC1=CC(OCCCC2CCN(c3ncc(Cl)[nH]3)CC2)C=CC=C1C=O.CNCC(O)CO. The van der Waals surface area contributed by atoms with Gasteiger partial charge in [0.1, 0.15) is 11.4 Å². The van der Waals surface area contributed by atoms with Gasteiger partial charge in [-0.15, -0.1) is 0 Å². The van der Waals surface area contributed by atoms with Gasteiger partial charge in [-0.2, -0.15) is 0 Å². The van der Waals surface area contributed by atoms with Crippen LogP contribution in [-0.4, -0.2) is 78.6 Å². The van der Waals surface area contributed by atoms with Crippen LogP contribution in [0.15, 0.2) is 41.6 Å². The summed E-state index contributed by atoms with van der Waals surface area (Å²) in [4.78, 5) is 20.6. The number of piperidine rings is 1. The van der Waals surface area contributed by atoms with Crippen LogP contribution in [0.2, 0.25) is 5.15 Å². The Morgan fingerprint density at radius 3 is 2.76 bits per heavy atom. The first-order valence-electron chi connectivity index (χ1n) is 11.5. The number of carbonyl (C=O) groups excluding carboxylic acids is 1. The number of H-pyrrole nitrogens is 1. The number of aliphatic hydroxyl groups is 2. The zero-order valence-corrected chi connectivity index (χ0v) is 20.3. The molecule has 2 heterocycles. The third-order valence-corrected chi connectivity index (χ3v) is 5.93. The molecule has 8 nitrogen and oxygen atoms in total. The standard InChI is InChI=1S/C20H26ClN3O2.C4H11NO2/c1-15-12-18(6-2-5-17(15)14-25)26-11-3-4-16-7-9-24(10-8-16)20-22-13-19(21)23-20;1-5-2-4(7)3-6/h2,5-6,12-14,16,18H,3-4,7-11H2,1H3,(H,22,23);4-7H,2-3H2,1H3. The van der Waals surface area contributed by atoms with E-state index < -0.39 is 6.10 Å². The van der Waals surface area contributed by atoms with Crippen LogP contribution in [0.3, 0.4) is 0 Å². The molecule has 2 aliphatic rings. The molecule has 9 heteroatoms. The molecule has 0 radical (unpaired) electrons. The van der Waals surface area contributed by atoms with E-state index in [1.54, 1.807) is 13.2 Å². The molecule has 1 aromatic heterocycles. The van der Waals surface area contributed by atoms with E-state index in [2.05, 4.69) is 20.2 Å². The molecule has 1 aliphatic heterocycles. The van der Waals surface area contributed by atoms with E-state index in [0.717, 1.165) is 55.4 Å². The summed E-state index contributed by atoms with van der Waals surface area (Å²) in [6.45, 7) is 5.01. The predicted octanol–water partition coefficient (Wildman–Crippen LogP) is 2.65. The van der Waals surface area contributed by atoms with Gasteiger partial charge in [-0.25, -0.2) is 4.98 Å². The largest absolute Gasteiger partial charge is 0.394 e. The van der Waals surface area contributed by atoms with Gasteiger partial charge in [0.05, 0.1) is 25.0 Å². The van der Waals surface area contributed by atoms with Crippen LogP contribution in [0.25, 0.3) is 0 Å². The molecule has 0 amide bonds. The number of aliphatic hydroxyl groups excluding tert-OH is 2. The van der Waals surface area contributed by atoms with Crippen molar-refractivity contribution >= 4 is 23.8 Å². The summed E-state index contributed by atoms with van der Waals surface area (Å²) < 4.78 is 5.96. The quantitative estimate of drug-likeness (QED) is 0.301. The number of aromatic amines is 1. The summed E-state index contributed by atoms with van der Waals surface area (Å²) in [5.74, 6) is 1.62. The van der Waals surface area contributed by atoms with E-state index in [9.17, 15) is 4.79 Å². The van der Waals surface area contributed by atoms with E-state index >= 15 is 0 Å². The highest BCUT2D eigenvalue weighted by Gasteiger charge is 2.21. The fourth-order valence-corrected chi connectivity index (χ4v) is 3.94. The Labute approximate surface area is 201 Å². The molecule has 33 heavy (non-hydrogen) atoms. The number of ether oxygens (including phenoxy) is 1. The predicted molar refractivity (Wildman–Crippen MR) is 132 cm³/mol. The van der Waals surface area contributed by atoms with E-state index in [0.29, 0.717) is 11.7 Å². The molecule has 3 rings (SSSR count). The summed E-state index contributed by atoms with van der Waals surface area (Å²) in [6.07, 6.45) is 14.2. The molecule has 0 saturated carbocycles. The number of nitrogens with one attached hydrogen (secondary N) is 2. The first-order valence-corrected chi connectivity index (χ1v) is 11.9. The van der Waals surface area contributed by atoms with E-state index in [4.69, 9.17) is 26.6 Å². The number of nitrogens with zero attached hydrogens (tertiary/aromatic N) is 2. The van der Waals surface area contributed by atoms with Crippen molar-refractivity contribution in [2.45, 2.75) is 44.8 Å². The molecular weight excluding hydrogens is 444 g/mol. The van der Waals surface area contributed by atoms with Crippen molar-refractivity contribution in [2.24, 2.45) is 5.92 Å². The number of hydrogen-bond acceptors (Lipinski definition) is 7. The number of aldehydes is 1. The lowest BCUT2D eigenvalue weighted by atomic mass is 9.92. The highest BCUT2D eigenvalue weighted by molar-refractivity contribution is 6.29. The highest BCUT2D eigenvalue weighted by Crippen LogP contribution is 2.25. The first kappa shape index (κ1) is 27.3. The van der Waals surface area contributed by atoms with Crippen LogP contribution in [-0.2, 0) is 9.53 Å². The molecule has 184 valence electrons. The van der Waals surface area contributed by atoms with Gasteiger partial charge in [0.15, 0.2) is 0 Å². The van der Waals surface area contributed by atoms with Crippen molar-refractivity contribution in [3.63, 3.8) is 0 Å². The zero-order valence-electron chi connectivity index (χ0n) is 19.5. The zero-order chi connectivity index (χ0) is 24.1. The summed E-state index contributed by atoms with van der Waals surface area (Å²) in [5, 5.41) is 20.0. The average Bonchev–Trinajstić information content (AvgIpc) is 3.17. The maximum Gasteiger partial charge on any atom is 0.203 e. The van der Waals surface area contributed by atoms with Crippen molar-refractivity contribution in [2.75, 3.05) is 44.8 Å². The molecular formula is C24H37ClN4O4. The van der Waals surface area contributed by atoms with E-state index in [-0.39, 0.29) is 12.7 Å². The average molecular weight is 481 g/mol. The number of aromatic nitrogens is 2. The summed E-state index contributed by atoms with van der Waals surface area (Å²) in [7, 11) is 1.72. The van der Waals surface area contributed by atoms with Gasteiger partial charge in [-0.1, -0.05) is 29.8 Å². The summed E-state index contributed by atoms with van der Waals surface area (Å²) >= 11 is 5.90. The molecule has 2 atom stereocenters. The third-order valence-electron chi connectivity index (χ3n) is 5.74. The molecule has 2 unspecified atom stereocenters. The van der Waals surface area contributed by atoms with Gasteiger partial charge in [-0.05, 0) is 57.2 Å². The second-order valence-electron chi connectivity index (χ2n) is 8.33. The number of carbonyl (C=O) groups is 1. The first-order chi connectivity index (χ1) is 16.0. The summed E-state index contributed by atoms with van der Waals surface area (Å²) in [5.41, 5.74) is 1.69. The molecule has 1 aliphatic carbocycles. The van der Waals surface area contributed by atoms with E-state index in [1.807, 2.05) is 31.2 Å². The smallest absolute Gasteiger partial charge is 0.203 e. The molecule has 0 spiro atoms. The molecule has 1 saturated heterocycles. The second kappa shape index (κ2) is 15.0. The number of rotatable bonds is 10. The number of imidazole rings is 1. The van der Waals surface area contributed by atoms with Crippen LogP contribution >= 0.6 is 11.6 Å². The fourth-order valence-electron chi connectivity index (χ4n) is 3.81. The van der Waals surface area contributed by atoms with Crippen LogP contribution < -0.4 is 10.2 Å². The van der Waals surface area contributed by atoms with Crippen LogP contribution in [0.1, 0.15) is 32.6 Å². The molecule has 0 bridgehead atoms. The van der Waals surface area contributed by atoms with Crippen molar-refractivity contribution < 1.29 is 19.7 Å². The van der Waals surface area contributed by atoms with Gasteiger partial charge in [0, 0.05) is 31.8 Å². The van der Waals surface area contributed by atoms with Gasteiger partial charge in [-0.3, -0.25) is 4.79 Å². The molecule has 0 aromatic carbocycles. The van der Waals surface area contributed by atoms with Gasteiger partial charge in [0.2, 0.25) is 5.95 Å². The lowest BCUT2D eigenvalue weighted by Crippen LogP contribution is -2.34. The Morgan fingerprint density at radius 1 is 1.42 bits per heavy atom. The number of allylic oxidation sites excluding steroid dienone is 4. The highest BCUT2D eigenvalue weighted by atomic mass is 35.5. The fraction of sp³-hybridized carbons (Fsp3) is 0.583. The minimum Gasteiger partial charge on any atom is -0.394 e. The van der Waals surface area contributed by atoms with E-state index in [1.165, 1.54) is 19.3 Å². The monoisotopic (exact) mass is 480 g/mol. The third kappa shape index (κ3) is 9.81. The Hall–Kier alpha value is -1.97. The summed E-state index contributed by atoms with van der Waals surface area (Å²) in [6, 6.07) is 0. The lowest BCUT2D eigenvalue weighted by Gasteiger charge is -2.31. The maximum absolute atomic E-state index is 11.0. The molecule has 4 N–H and O–H groups in total. The Morgan fingerprint density at radius 2 is 2.18 bits per heavy atom. The van der Waals surface area contributed by atoms with Crippen molar-refractivity contribution in [1.29, 1.82) is 0 Å². The van der Waals surface area contributed by atoms with Crippen LogP contribution in [0.4, 0.5) is 5.95 Å². The Balaban J connectivity index is 0.000000479. The molecule has 1 aromatic rings. The number of hydrogen-bond donors (Lipinski definition) is 4. The molecule has 1 fully saturated rings. The topological polar surface area (TPSA) is 111 Å². The van der Waals surface area contributed by atoms with Crippen LogP contribution in [0, 0.1) is 5.92 Å². The van der Waals surface area contributed by atoms with Gasteiger partial charge in [0.25, 0.3) is 0 Å². The number of likely N-dealkylation sites (N-methyl/N-ethyl adjacent to an activating group) is 1. The van der Waals surface area contributed by atoms with Gasteiger partial charge < -0.3 is 30.2 Å². The van der Waals surface area contributed by atoms with Crippen molar-refractivity contribution in [1.82, 2.24) is 15.3 Å². The van der Waals surface area contributed by atoms with Gasteiger partial charge >= 0.3 is 0 Å². The Bertz CT molecular complexity index is 800. The minimum absolute atomic E-state index is 0.0470. The lowest BCUT2D eigenvalue weighted by molar-refractivity contribution is -0.104. The number of halogens is 1.